The highest BCUT2D eigenvalue weighted by atomic mass is 19.1. The van der Waals surface area contributed by atoms with Crippen molar-refractivity contribution in [3.8, 4) is 6.07 Å². The molecule has 0 aromatic heterocycles. The summed E-state index contributed by atoms with van der Waals surface area (Å²) in [5.41, 5.74) is 0.857. The van der Waals surface area contributed by atoms with E-state index in [0.29, 0.717) is 17.2 Å². The van der Waals surface area contributed by atoms with Gasteiger partial charge in [0, 0.05) is 6.54 Å². The van der Waals surface area contributed by atoms with Crippen molar-refractivity contribution in [1.82, 2.24) is 0 Å². The van der Waals surface area contributed by atoms with E-state index < -0.39 is 0 Å². The number of benzene rings is 1. The maximum Gasteiger partial charge on any atom is 0.147 e. The zero-order valence-corrected chi connectivity index (χ0v) is 7.76. The molecule has 1 fully saturated rings. The minimum atomic E-state index is -0.343. The molecule has 1 aliphatic carbocycles. The number of nitrogens with zero attached hydrogens (tertiary/aromatic N) is 1. The maximum atomic E-state index is 13.3. The van der Waals surface area contributed by atoms with E-state index in [1.165, 1.54) is 18.9 Å². The number of hydrogen-bond acceptors (Lipinski definition) is 2. The van der Waals surface area contributed by atoms with Crippen LogP contribution in [0.5, 0.6) is 0 Å². The molecule has 0 heterocycles. The average molecular weight is 190 g/mol. The van der Waals surface area contributed by atoms with Crippen molar-refractivity contribution in [3.05, 3.63) is 29.6 Å². The second kappa shape index (κ2) is 3.67. The Labute approximate surface area is 82.4 Å². The van der Waals surface area contributed by atoms with Crippen LogP contribution in [0.4, 0.5) is 10.1 Å². The van der Waals surface area contributed by atoms with Crippen LogP contribution < -0.4 is 5.32 Å². The summed E-state index contributed by atoms with van der Waals surface area (Å²) in [6.07, 6.45) is 2.48. The van der Waals surface area contributed by atoms with Gasteiger partial charge in [-0.15, -0.1) is 0 Å². The lowest BCUT2D eigenvalue weighted by Gasteiger charge is -2.06. The van der Waals surface area contributed by atoms with Crippen LogP contribution >= 0.6 is 0 Å². The highest BCUT2D eigenvalue weighted by Crippen LogP contribution is 2.29. The Hall–Kier alpha value is -1.56. The lowest BCUT2D eigenvalue weighted by molar-refractivity contribution is 0.629. The maximum absolute atomic E-state index is 13.3. The molecule has 72 valence electrons. The van der Waals surface area contributed by atoms with Crippen molar-refractivity contribution in [1.29, 1.82) is 5.26 Å². The number of nitriles is 1. The summed E-state index contributed by atoms with van der Waals surface area (Å²) in [4.78, 5) is 0. The molecule has 14 heavy (non-hydrogen) atoms. The molecule has 0 aliphatic heterocycles. The minimum absolute atomic E-state index is 0.343. The predicted octanol–water partition coefficient (Wildman–Crippen LogP) is 2.52. The first-order chi connectivity index (χ1) is 6.79. The lowest BCUT2D eigenvalue weighted by Crippen LogP contribution is -2.04. The number of halogens is 1. The standard InChI is InChI=1S/C11H11FN2/c12-10-5-9(6-13)3-4-11(10)14-7-8-1-2-8/h3-5,8,14H,1-2,7H2. The number of hydrogen-bond donors (Lipinski definition) is 1. The van der Waals surface area contributed by atoms with Crippen LogP contribution in [0.1, 0.15) is 18.4 Å². The van der Waals surface area contributed by atoms with Crippen molar-refractivity contribution < 1.29 is 4.39 Å². The Morgan fingerprint density at radius 1 is 1.50 bits per heavy atom. The van der Waals surface area contributed by atoms with Crippen molar-refractivity contribution >= 4 is 5.69 Å². The summed E-state index contributed by atoms with van der Waals surface area (Å²) in [6.45, 7) is 0.836. The Kier molecular flexibility index (Phi) is 2.36. The van der Waals surface area contributed by atoms with Gasteiger partial charge in [-0.2, -0.15) is 5.26 Å². The van der Waals surface area contributed by atoms with Crippen LogP contribution in [-0.4, -0.2) is 6.54 Å². The first-order valence-electron chi connectivity index (χ1n) is 4.73. The largest absolute Gasteiger partial charge is 0.382 e. The summed E-state index contributed by atoms with van der Waals surface area (Å²) < 4.78 is 13.3. The monoisotopic (exact) mass is 190 g/mol. The first kappa shape index (κ1) is 9.01. The van der Waals surface area contributed by atoms with Gasteiger partial charge in [-0.05, 0) is 37.0 Å². The molecule has 2 rings (SSSR count). The zero-order chi connectivity index (χ0) is 9.97. The molecule has 0 spiro atoms. The number of rotatable bonds is 3. The molecule has 1 aromatic rings. The van der Waals surface area contributed by atoms with Gasteiger partial charge in [-0.25, -0.2) is 4.39 Å². The van der Waals surface area contributed by atoms with Gasteiger partial charge in [0.15, 0.2) is 0 Å². The summed E-state index contributed by atoms with van der Waals surface area (Å²) in [6, 6.07) is 6.41. The van der Waals surface area contributed by atoms with Crippen LogP contribution in [0.3, 0.4) is 0 Å². The van der Waals surface area contributed by atoms with E-state index >= 15 is 0 Å². The summed E-state index contributed by atoms with van der Waals surface area (Å²) in [5, 5.41) is 11.6. The minimum Gasteiger partial charge on any atom is -0.382 e. The Morgan fingerprint density at radius 3 is 2.86 bits per heavy atom. The third-order valence-corrected chi connectivity index (χ3v) is 2.38. The average Bonchev–Trinajstić information content (AvgIpc) is 2.99. The zero-order valence-electron chi connectivity index (χ0n) is 7.76. The second-order valence-electron chi connectivity index (χ2n) is 3.63. The molecule has 3 heteroatoms. The third kappa shape index (κ3) is 2.02. The van der Waals surface area contributed by atoms with E-state index in [1.807, 2.05) is 6.07 Å². The van der Waals surface area contributed by atoms with Crippen molar-refractivity contribution in [3.63, 3.8) is 0 Å². The van der Waals surface area contributed by atoms with Crippen molar-refractivity contribution in [2.45, 2.75) is 12.8 Å². The van der Waals surface area contributed by atoms with Gasteiger partial charge in [-0.3, -0.25) is 0 Å². The molecule has 1 N–H and O–H groups in total. The molecule has 2 nitrogen and oxygen atoms in total. The predicted molar refractivity (Wildman–Crippen MR) is 52.3 cm³/mol. The smallest absolute Gasteiger partial charge is 0.147 e. The van der Waals surface area contributed by atoms with Crippen molar-refractivity contribution in [2.24, 2.45) is 5.92 Å². The number of anilines is 1. The first-order valence-corrected chi connectivity index (χ1v) is 4.73. The highest BCUT2D eigenvalue weighted by Gasteiger charge is 2.20. The molecular formula is C11H11FN2. The number of nitrogens with one attached hydrogen (secondary N) is 1. The molecule has 0 saturated heterocycles. The molecule has 1 aliphatic rings. The van der Waals surface area contributed by atoms with E-state index in [0.717, 1.165) is 6.54 Å². The molecule has 0 radical (unpaired) electrons. The topological polar surface area (TPSA) is 35.8 Å². The van der Waals surface area contributed by atoms with E-state index in [4.69, 9.17) is 5.26 Å². The summed E-state index contributed by atoms with van der Waals surface area (Å²) in [5.74, 6) is 0.370. The molecule has 0 amide bonds. The van der Waals surface area contributed by atoms with Gasteiger partial charge < -0.3 is 5.32 Å². The van der Waals surface area contributed by atoms with Gasteiger partial charge in [-0.1, -0.05) is 0 Å². The van der Waals surface area contributed by atoms with Gasteiger partial charge in [0.2, 0.25) is 0 Å². The fourth-order valence-electron chi connectivity index (χ4n) is 1.30. The second-order valence-corrected chi connectivity index (χ2v) is 3.63. The van der Waals surface area contributed by atoms with Gasteiger partial charge in [0.25, 0.3) is 0 Å². The molecular weight excluding hydrogens is 179 g/mol. The molecule has 0 atom stereocenters. The quantitative estimate of drug-likeness (QED) is 0.794. The van der Waals surface area contributed by atoms with Gasteiger partial charge in [0.1, 0.15) is 5.82 Å². The van der Waals surface area contributed by atoms with E-state index in [1.54, 1.807) is 12.1 Å². The summed E-state index contributed by atoms with van der Waals surface area (Å²) >= 11 is 0. The summed E-state index contributed by atoms with van der Waals surface area (Å²) in [7, 11) is 0. The Morgan fingerprint density at radius 2 is 2.29 bits per heavy atom. The third-order valence-electron chi connectivity index (χ3n) is 2.38. The van der Waals surface area contributed by atoms with Gasteiger partial charge >= 0.3 is 0 Å². The van der Waals surface area contributed by atoms with E-state index in [-0.39, 0.29) is 5.82 Å². The highest BCUT2D eigenvalue weighted by molar-refractivity contribution is 5.48. The molecule has 1 aromatic carbocycles. The molecule has 0 unspecified atom stereocenters. The van der Waals surface area contributed by atoms with Gasteiger partial charge in [0.05, 0.1) is 17.3 Å². The van der Waals surface area contributed by atoms with Crippen LogP contribution in [0.25, 0.3) is 0 Å². The van der Waals surface area contributed by atoms with Crippen LogP contribution in [0.2, 0.25) is 0 Å². The molecule has 1 saturated carbocycles. The van der Waals surface area contributed by atoms with E-state index in [2.05, 4.69) is 5.32 Å². The van der Waals surface area contributed by atoms with Crippen LogP contribution in [-0.2, 0) is 0 Å². The SMILES string of the molecule is N#Cc1ccc(NCC2CC2)c(F)c1. The Bertz CT molecular complexity index is 377. The molecule has 0 bridgehead atoms. The lowest BCUT2D eigenvalue weighted by atomic mass is 10.2. The Balaban J connectivity index is 2.05. The van der Waals surface area contributed by atoms with Crippen LogP contribution in [0, 0.1) is 23.1 Å². The normalized spacial score (nSPS) is 14.9. The van der Waals surface area contributed by atoms with Crippen LogP contribution in [0.15, 0.2) is 18.2 Å². The fraction of sp³-hybridized carbons (Fsp3) is 0.364. The van der Waals surface area contributed by atoms with E-state index in [9.17, 15) is 4.39 Å². The fourth-order valence-corrected chi connectivity index (χ4v) is 1.30. The van der Waals surface area contributed by atoms with Crippen molar-refractivity contribution in [2.75, 3.05) is 11.9 Å².